The summed E-state index contributed by atoms with van der Waals surface area (Å²) in [6.45, 7) is 4.13. The minimum absolute atomic E-state index is 0.0295. The molecule has 0 radical (unpaired) electrons. The van der Waals surface area contributed by atoms with Gasteiger partial charge in [-0.05, 0) is 19.3 Å². The van der Waals surface area contributed by atoms with E-state index < -0.39 is 6.10 Å². The highest BCUT2D eigenvalue weighted by Crippen LogP contribution is 2.32. The van der Waals surface area contributed by atoms with Crippen molar-refractivity contribution in [2.75, 3.05) is 33.0 Å². The number of nitrogens with zero attached hydrogens (tertiary/aromatic N) is 1. The number of ether oxygens (including phenoxy) is 2. The lowest BCUT2D eigenvalue weighted by Gasteiger charge is -2.38. The first-order valence-corrected chi connectivity index (χ1v) is 6.35. The molecule has 0 bridgehead atoms. The quantitative estimate of drug-likeness (QED) is 0.767. The Hall–Kier alpha value is -0.650. The summed E-state index contributed by atoms with van der Waals surface area (Å²) in [4.78, 5) is 14.1. The summed E-state index contributed by atoms with van der Waals surface area (Å²) in [6, 6.07) is 0. The SMILES string of the molecule is CCC1(CO)CCCN1C(=O)C1COCCO1. The Morgan fingerprint density at radius 2 is 2.35 bits per heavy atom. The van der Waals surface area contributed by atoms with Crippen LogP contribution in [0.15, 0.2) is 0 Å². The van der Waals surface area contributed by atoms with Crippen LogP contribution in [0.2, 0.25) is 0 Å². The Morgan fingerprint density at radius 1 is 1.53 bits per heavy atom. The molecule has 2 aliphatic rings. The van der Waals surface area contributed by atoms with E-state index in [0.29, 0.717) is 26.4 Å². The summed E-state index contributed by atoms with van der Waals surface area (Å²) in [5, 5.41) is 9.57. The van der Waals surface area contributed by atoms with Crippen LogP contribution in [0.3, 0.4) is 0 Å². The third-order valence-corrected chi connectivity index (χ3v) is 3.91. The van der Waals surface area contributed by atoms with Crippen molar-refractivity contribution in [3.05, 3.63) is 0 Å². The van der Waals surface area contributed by atoms with E-state index in [1.165, 1.54) is 0 Å². The Labute approximate surface area is 102 Å². The van der Waals surface area contributed by atoms with Gasteiger partial charge in [0.2, 0.25) is 0 Å². The van der Waals surface area contributed by atoms with E-state index in [9.17, 15) is 9.90 Å². The Morgan fingerprint density at radius 3 is 2.94 bits per heavy atom. The van der Waals surface area contributed by atoms with Crippen molar-refractivity contribution in [3.8, 4) is 0 Å². The van der Waals surface area contributed by atoms with Crippen LogP contribution in [-0.4, -0.2) is 60.5 Å². The summed E-state index contributed by atoms with van der Waals surface area (Å²) in [5.41, 5.74) is -0.377. The molecule has 5 nitrogen and oxygen atoms in total. The highest BCUT2D eigenvalue weighted by atomic mass is 16.6. The van der Waals surface area contributed by atoms with Crippen LogP contribution in [0, 0.1) is 0 Å². The third-order valence-electron chi connectivity index (χ3n) is 3.91. The number of hydrogen-bond donors (Lipinski definition) is 1. The molecule has 1 N–H and O–H groups in total. The predicted octanol–water partition coefficient (Wildman–Crippen LogP) is 0.165. The average molecular weight is 243 g/mol. The molecule has 2 rings (SSSR count). The lowest BCUT2D eigenvalue weighted by Crippen LogP contribution is -2.55. The van der Waals surface area contributed by atoms with Crippen molar-refractivity contribution in [2.24, 2.45) is 0 Å². The van der Waals surface area contributed by atoms with Crippen molar-refractivity contribution in [2.45, 2.75) is 37.8 Å². The first-order chi connectivity index (χ1) is 8.23. The molecule has 2 fully saturated rings. The van der Waals surface area contributed by atoms with E-state index >= 15 is 0 Å². The topological polar surface area (TPSA) is 59.0 Å². The average Bonchev–Trinajstić information content (AvgIpc) is 2.83. The summed E-state index contributed by atoms with van der Waals surface area (Å²) in [5.74, 6) is -0.0295. The van der Waals surface area contributed by atoms with Gasteiger partial charge in [0, 0.05) is 6.54 Å². The molecule has 0 saturated carbocycles. The molecule has 17 heavy (non-hydrogen) atoms. The summed E-state index contributed by atoms with van der Waals surface area (Å²) >= 11 is 0. The molecule has 2 aliphatic heterocycles. The zero-order valence-electron chi connectivity index (χ0n) is 10.4. The molecule has 0 spiro atoms. The van der Waals surface area contributed by atoms with E-state index in [0.717, 1.165) is 19.3 Å². The highest BCUT2D eigenvalue weighted by molar-refractivity contribution is 5.82. The smallest absolute Gasteiger partial charge is 0.254 e. The molecule has 98 valence electrons. The Kier molecular flexibility index (Phi) is 4.01. The van der Waals surface area contributed by atoms with E-state index in [4.69, 9.17) is 9.47 Å². The van der Waals surface area contributed by atoms with Crippen molar-refractivity contribution in [1.82, 2.24) is 4.90 Å². The fourth-order valence-corrected chi connectivity index (χ4v) is 2.73. The molecular weight excluding hydrogens is 222 g/mol. The molecule has 2 unspecified atom stereocenters. The number of aliphatic hydroxyl groups is 1. The minimum atomic E-state index is -0.487. The maximum absolute atomic E-state index is 12.3. The van der Waals surface area contributed by atoms with Gasteiger partial charge in [-0.1, -0.05) is 6.92 Å². The number of amides is 1. The number of rotatable bonds is 3. The molecule has 0 aromatic rings. The van der Waals surface area contributed by atoms with Gasteiger partial charge in [-0.3, -0.25) is 4.79 Å². The van der Waals surface area contributed by atoms with E-state index in [1.807, 2.05) is 6.92 Å². The van der Waals surface area contributed by atoms with Gasteiger partial charge in [0.1, 0.15) is 0 Å². The van der Waals surface area contributed by atoms with Crippen LogP contribution in [0.25, 0.3) is 0 Å². The molecule has 0 aliphatic carbocycles. The van der Waals surface area contributed by atoms with E-state index in [2.05, 4.69) is 0 Å². The monoisotopic (exact) mass is 243 g/mol. The van der Waals surface area contributed by atoms with Crippen molar-refractivity contribution in [1.29, 1.82) is 0 Å². The molecule has 5 heteroatoms. The zero-order chi connectivity index (χ0) is 12.3. The van der Waals surface area contributed by atoms with Gasteiger partial charge >= 0.3 is 0 Å². The lowest BCUT2D eigenvalue weighted by atomic mass is 9.93. The maximum atomic E-state index is 12.3. The molecule has 1 amide bonds. The first-order valence-electron chi connectivity index (χ1n) is 6.35. The number of likely N-dealkylation sites (tertiary alicyclic amines) is 1. The van der Waals surface area contributed by atoms with Gasteiger partial charge in [0.05, 0.1) is 32.0 Å². The zero-order valence-corrected chi connectivity index (χ0v) is 10.4. The number of carbonyl (C=O) groups excluding carboxylic acids is 1. The summed E-state index contributed by atoms with van der Waals surface area (Å²) in [7, 11) is 0. The maximum Gasteiger partial charge on any atom is 0.254 e. The van der Waals surface area contributed by atoms with E-state index in [1.54, 1.807) is 4.90 Å². The van der Waals surface area contributed by atoms with Gasteiger partial charge in [-0.25, -0.2) is 0 Å². The van der Waals surface area contributed by atoms with Gasteiger partial charge in [-0.15, -0.1) is 0 Å². The number of aliphatic hydroxyl groups excluding tert-OH is 1. The minimum Gasteiger partial charge on any atom is -0.394 e. The molecule has 0 aromatic heterocycles. The molecule has 2 atom stereocenters. The van der Waals surface area contributed by atoms with Crippen LogP contribution in [0.1, 0.15) is 26.2 Å². The molecule has 0 aromatic carbocycles. The molecule has 2 saturated heterocycles. The van der Waals surface area contributed by atoms with Crippen molar-refractivity contribution >= 4 is 5.91 Å². The normalized spacial score (nSPS) is 34.0. The van der Waals surface area contributed by atoms with Crippen molar-refractivity contribution in [3.63, 3.8) is 0 Å². The van der Waals surface area contributed by atoms with Crippen LogP contribution in [-0.2, 0) is 14.3 Å². The fourth-order valence-electron chi connectivity index (χ4n) is 2.73. The first kappa shape index (κ1) is 12.8. The van der Waals surface area contributed by atoms with Gasteiger partial charge in [-0.2, -0.15) is 0 Å². The van der Waals surface area contributed by atoms with Gasteiger partial charge in [0.15, 0.2) is 6.10 Å². The van der Waals surface area contributed by atoms with Gasteiger partial charge in [0.25, 0.3) is 5.91 Å². The standard InChI is InChI=1S/C12H21NO4/c1-2-12(9-14)4-3-5-13(12)11(15)10-8-16-6-7-17-10/h10,14H,2-9H2,1H3. The van der Waals surface area contributed by atoms with Crippen LogP contribution in [0.5, 0.6) is 0 Å². The Balaban J connectivity index is 2.07. The second-order valence-electron chi connectivity index (χ2n) is 4.76. The summed E-state index contributed by atoms with van der Waals surface area (Å²) < 4.78 is 10.7. The highest BCUT2D eigenvalue weighted by Gasteiger charge is 2.44. The lowest BCUT2D eigenvalue weighted by molar-refractivity contribution is -0.163. The van der Waals surface area contributed by atoms with Gasteiger partial charge < -0.3 is 19.5 Å². The second-order valence-corrected chi connectivity index (χ2v) is 4.76. The molecular formula is C12H21NO4. The van der Waals surface area contributed by atoms with Crippen LogP contribution in [0.4, 0.5) is 0 Å². The van der Waals surface area contributed by atoms with Crippen molar-refractivity contribution < 1.29 is 19.4 Å². The summed E-state index contributed by atoms with van der Waals surface area (Å²) in [6.07, 6.45) is 2.12. The predicted molar refractivity (Wildman–Crippen MR) is 61.6 cm³/mol. The third kappa shape index (κ3) is 2.32. The number of hydrogen-bond acceptors (Lipinski definition) is 4. The Bertz CT molecular complexity index is 272. The second kappa shape index (κ2) is 5.33. The van der Waals surface area contributed by atoms with Crippen LogP contribution >= 0.6 is 0 Å². The molecule has 2 heterocycles. The fraction of sp³-hybridized carbons (Fsp3) is 0.917. The van der Waals surface area contributed by atoms with E-state index in [-0.39, 0.29) is 18.1 Å². The number of carbonyl (C=O) groups is 1. The van der Waals surface area contributed by atoms with Crippen LogP contribution < -0.4 is 0 Å². The largest absolute Gasteiger partial charge is 0.394 e.